The number of benzene rings is 2. The molecule has 0 saturated heterocycles. The predicted octanol–water partition coefficient (Wildman–Crippen LogP) is 4.11. The minimum Gasteiger partial charge on any atom is -0.480 e. The maximum atomic E-state index is 14.0. The second-order valence-corrected chi connectivity index (χ2v) is 9.03. The normalized spacial score (nSPS) is 16.2. The maximum absolute atomic E-state index is 14.0. The molecule has 1 heterocycles. The van der Waals surface area contributed by atoms with Crippen LogP contribution in [0.1, 0.15) is 37.1 Å². The monoisotopic (exact) mass is 422 g/mol. The van der Waals surface area contributed by atoms with Gasteiger partial charge < -0.3 is 15.0 Å². The van der Waals surface area contributed by atoms with E-state index in [1.807, 2.05) is 44.2 Å². The molecular formula is C25H27FN2O3. The van der Waals surface area contributed by atoms with Crippen LogP contribution in [0.4, 0.5) is 4.39 Å². The number of hydrogen-bond acceptors (Lipinski definition) is 2. The van der Waals surface area contributed by atoms with Crippen molar-refractivity contribution in [2.24, 2.45) is 5.41 Å². The van der Waals surface area contributed by atoms with Crippen LogP contribution in [0.25, 0.3) is 10.9 Å². The first kappa shape index (κ1) is 21.1. The molecule has 5 nitrogen and oxygen atoms in total. The molecule has 1 aliphatic carbocycles. The third-order valence-electron chi connectivity index (χ3n) is 6.16. The van der Waals surface area contributed by atoms with Gasteiger partial charge in [-0.15, -0.1) is 0 Å². The Morgan fingerprint density at radius 3 is 2.65 bits per heavy atom. The van der Waals surface area contributed by atoms with Crippen LogP contribution in [0.5, 0.6) is 0 Å². The lowest BCUT2D eigenvalue weighted by Crippen LogP contribution is -2.46. The van der Waals surface area contributed by atoms with Crippen molar-refractivity contribution in [2.75, 3.05) is 0 Å². The summed E-state index contributed by atoms with van der Waals surface area (Å²) in [5, 5.41) is 13.3. The molecule has 162 valence electrons. The van der Waals surface area contributed by atoms with Crippen molar-refractivity contribution in [1.29, 1.82) is 0 Å². The summed E-state index contributed by atoms with van der Waals surface area (Å²) in [7, 11) is 0. The zero-order valence-corrected chi connectivity index (χ0v) is 17.8. The topological polar surface area (TPSA) is 71.3 Å². The molecule has 4 rings (SSSR count). The summed E-state index contributed by atoms with van der Waals surface area (Å²) < 4.78 is 15.7. The molecule has 1 atom stereocenters. The standard InChI is InChI=1S/C25H27FN2O3/c1-25(2,14-16-6-4-3-5-7-16)24(31)27-18-9-11-22-20(13-18)19-12-17(26)8-10-21(19)28(22)15-23(29)30/h3-8,10,12,18H,9,11,13-15H2,1-2H3,(H,27,31)(H,29,30). The molecule has 1 amide bonds. The Labute approximate surface area is 180 Å². The van der Waals surface area contributed by atoms with Gasteiger partial charge in [0.15, 0.2) is 0 Å². The van der Waals surface area contributed by atoms with Crippen molar-refractivity contribution in [1.82, 2.24) is 9.88 Å². The molecule has 2 aromatic carbocycles. The summed E-state index contributed by atoms with van der Waals surface area (Å²) in [4.78, 5) is 24.4. The maximum Gasteiger partial charge on any atom is 0.323 e. The van der Waals surface area contributed by atoms with Crippen LogP contribution in [-0.4, -0.2) is 27.6 Å². The first-order valence-corrected chi connectivity index (χ1v) is 10.6. The van der Waals surface area contributed by atoms with Crippen molar-refractivity contribution >= 4 is 22.8 Å². The van der Waals surface area contributed by atoms with Crippen molar-refractivity contribution in [3.05, 3.63) is 71.2 Å². The van der Waals surface area contributed by atoms with Gasteiger partial charge in [0.1, 0.15) is 12.4 Å². The molecule has 0 spiro atoms. The Morgan fingerprint density at radius 2 is 1.94 bits per heavy atom. The van der Waals surface area contributed by atoms with Gasteiger partial charge in [-0.2, -0.15) is 0 Å². The van der Waals surface area contributed by atoms with E-state index >= 15 is 0 Å². The van der Waals surface area contributed by atoms with Crippen molar-refractivity contribution in [3.8, 4) is 0 Å². The highest BCUT2D eigenvalue weighted by molar-refractivity contribution is 5.88. The van der Waals surface area contributed by atoms with E-state index in [9.17, 15) is 19.1 Å². The second kappa shape index (κ2) is 8.17. The van der Waals surface area contributed by atoms with Crippen molar-refractivity contribution < 1.29 is 19.1 Å². The number of aliphatic carboxylic acids is 1. The number of hydrogen-bond donors (Lipinski definition) is 2. The Bertz CT molecular complexity index is 1130. The molecule has 0 saturated carbocycles. The summed E-state index contributed by atoms with van der Waals surface area (Å²) >= 11 is 0. The zero-order chi connectivity index (χ0) is 22.2. The smallest absolute Gasteiger partial charge is 0.323 e. The van der Waals surface area contributed by atoms with E-state index in [1.54, 1.807) is 10.6 Å². The zero-order valence-electron chi connectivity index (χ0n) is 17.8. The van der Waals surface area contributed by atoms with Gasteiger partial charge >= 0.3 is 5.97 Å². The summed E-state index contributed by atoms with van der Waals surface area (Å²) in [6.45, 7) is 3.73. The van der Waals surface area contributed by atoms with Crippen LogP contribution in [0.15, 0.2) is 48.5 Å². The number of fused-ring (bicyclic) bond motifs is 3. The number of carboxylic acid groups (broad SMARTS) is 1. The average Bonchev–Trinajstić information content (AvgIpc) is 3.00. The number of halogens is 1. The van der Waals surface area contributed by atoms with Crippen LogP contribution in [0.2, 0.25) is 0 Å². The number of rotatable bonds is 6. The fourth-order valence-corrected chi connectivity index (χ4v) is 4.63. The molecule has 1 aromatic heterocycles. The lowest BCUT2D eigenvalue weighted by molar-refractivity contribution is -0.137. The predicted molar refractivity (Wildman–Crippen MR) is 117 cm³/mol. The molecule has 0 fully saturated rings. The number of amides is 1. The largest absolute Gasteiger partial charge is 0.480 e. The fourth-order valence-electron chi connectivity index (χ4n) is 4.63. The SMILES string of the molecule is CC(C)(Cc1ccccc1)C(=O)NC1CCc2c(c3cc(F)ccc3n2CC(=O)O)C1. The number of carboxylic acids is 1. The molecule has 0 bridgehead atoms. The first-order chi connectivity index (χ1) is 14.7. The first-order valence-electron chi connectivity index (χ1n) is 10.6. The van der Waals surface area contributed by atoms with E-state index < -0.39 is 11.4 Å². The van der Waals surface area contributed by atoms with Gasteiger partial charge in [0.05, 0.1) is 0 Å². The summed E-state index contributed by atoms with van der Waals surface area (Å²) in [5.74, 6) is -1.29. The Balaban J connectivity index is 1.56. The molecule has 2 N–H and O–H groups in total. The lowest BCUT2D eigenvalue weighted by atomic mass is 9.83. The van der Waals surface area contributed by atoms with Crippen molar-refractivity contribution in [2.45, 2.75) is 52.1 Å². The molecule has 0 aliphatic heterocycles. The number of carbonyl (C=O) groups excluding carboxylic acids is 1. The van der Waals surface area contributed by atoms with Crippen molar-refractivity contribution in [3.63, 3.8) is 0 Å². The van der Waals surface area contributed by atoms with E-state index in [0.29, 0.717) is 19.3 Å². The van der Waals surface area contributed by atoms with Crippen LogP contribution in [0, 0.1) is 11.2 Å². The Morgan fingerprint density at radius 1 is 1.19 bits per heavy atom. The van der Waals surface area contributed by atoms with E-state index in [2.05, 4.69) is 5.32 Å². The second-order valence-electron chi connectivity index (χ2n) is 9.03. The van der Waals surface area contributed by atoms with Crippen LogP contribution in [-0.2, 0) is 35.4 Å². The van der Waals surface area contributed by atoms with E-state index in [4.69, 9.17) is 0 Å². The molecule has 1 unspecified atom stereocenters. The highest BCUT2D eigenvalue weighted by atomic mass is 19.1. The van der Waals surface area contributed by atoms with Gasteiger partial charge in [-0.25, -0.2) is 4.39 Å². The molecular weight excluding hydrogens is 395 g/mol. The van der Waals surface area contributed by atoms with E-state index in [1.165, 1.54) is 12.1 Å². The van der Waals surface area contributed by atoms with Gasteiger partial charge in [0, 0.05) is 28.1 Å². The minimum absolute atomic E-state index is 0.00902. The van der Waals surface area contributed by atoms with Crippen LogP contribution >= 0.6 is 0 Å². The van der Waals surface area contributed by atoms with Crippen LogP contribution < -0.4 is 5.32 Å². The number of nitrogens with one attached hydrogen (secondary N) is 1. The van der Waals surface area contributed by atoms with Crippen LogP contribution in [0.3, 0.4) is 0 Å². The molecule has 3 aromatic rings. The van der Waals surface area contributed by atoms with Gasteiger partial charge in [0.25, 0.3) is 0 Å². The summed E-state index contributed by atoms with van der Waals surface area (Å²) in [6, 6.07) is 14.3. The van der Waals surface area contributed by atoms with Gasteiger partial charge in [-0.1, -0.05) is 44.2 Å². The third-order valence-corrected chi connectivity index (χ3v) is 6.16. The number of nitrogens with zero attached hydrogens (tertiary/aromatic N) is 1. The summed E-state index contributed by atoms with van der Waals surface area (Å²) in [6.07, 6.45) is 2.57. The summed E-state index contributed by atoms with van der Waals surface area (Å²) in [5.41, 5.74) is 3.14. The molecule has 6 heteroatoms. The molecule has 1 aliphatic rings. The highest BCUT2D eigenvalue weighted by Gasteiger charge is 2.32. The van der Waals surface area contributed by atoms with E-state index in [0.717, 1.165) is 34.1 Å². The van der Waals surface area contributed by atoms with Gasteiger partial charge in [-0.05, 0) is 55.0 Å². The van der Waals surface area contributed by atoms with E-state index in [-0.39, 0.29) is 24.3 Å². The van der Waals surface area contributed by atoms with Gasteiger partial charge in [0.2, 0.25) is 5.91 Å². The number of aromatic nitrogens is 1. The quantitative estimate of drug-likeness (QED) is 0.628. The Kier molecular flexibility index (Phi) is 5.56. The lowest BCUT2D eigenvalue weighted by Gasteiger charge is -2.30. The molecule has 0 radical (unpaired) electrons. The fraction of sp³-hybridized carbons (Fsp3) is 0.360. The molecule has 31 heavy (non-hydrogen) atoms. The Hall–Kier alpha value is -3.15. The highest BCUT2D eigenvalue weighted by Crippen LogP contribution is 2.33. The third kappa shape index (κ3) is 4.33. The number of carbonyl (C=O) groups is 2. The average molecular weight is 423 g/mol. The minimum atomic E-state index is -0.929. The van der Waals surface area contributed by atoms with Gasteiger partial charge in [-0.3, -0.25) is 9.59 Å².